The largest absolute Gasteiger partial charge is 0.443 e. The molecule has 5 nitrogen and oxygen atoms in total. The SMILES string of the molecule is CC(C)(C)OC(=O)N(C1=CC(=O)COC1)[C@@H]1CCc2ccccc21. The Balaban J connectivity index is 1.97. The maximum atomic E-state index is 12.9. The lowest BCUT2D eigenvalue weighted by Crippen LogP contribution is -2.40. The summed E-state index contributed by atoms with van der Waals surface area (Å²) in [5.74, 6) is -0.129. The van der Waals surface area contributed by atoms with Gasteiger partial charge in [-0.15, -0.1) is 0 Å². The number of hydrogen-bond acceptors (Lipinski definition) is 4. The van der Waals surface area contributed by atoms with Crippen LogP contribution in [0.1, 0.15) is 44.4 Å². The van der Waals surface area contributed by atoms with Gasteiger partial charge in [0.2, 0.25) is 0 Å². The number of ether oxygens (including phenoxy) is 2. The van der Waals surface area contributed by atoms with Crippen molar-refractivity contribution in [3.05, 3.63) is 47.2 Å². The van der Waals surface area contributed by atoms with Gasteiger partial charge < -0.3 is 9.47 Å². The smallest absolute Gasteiger partial charge is 0.415 e. The predicted octanol–water partition coefficient (Wildman–Crippen LogP) is 3.39. The Kier molecular flexibility index (Phi) is 4.45. The molecule has 1 aromatic carbocycles. The van der Waals surface area contributed by atoms with Crippen molar-refractivity contribution in [3.63, 3.8) is 0 Å². The number of aryl methyl sites for hydroxylation is 1. The summed E-state index contributed by atoms with van der Waals surface area (Å²) in [5.41, 5.74) is 2.32. The van der Waals surface area contributed by atoms with E-state index < -0.39 is 11.7 Å². The van der Waals surface area contributed by atoms with Crippen molar-refractivity contribution in [2.45, 2.75) is 45.3 Å². The first-order chi connectivity index (χ1) is 11.3. The minimum atomic E-state index is -0.604. The summed E-state index contributed by atoms with van der Waals surface area (Å²) in [7, 11) is 0. The highest BCUT2D eigenvalue weighted by Crippen LogP contribution is 2.38. The van der Waals surface area contributed by atoms with Crippen LogP contribution in [-0.2, 0) is 20.7 Å². The fraction of sp³-hybridized carbons (Fsp3) is 0.474. The highest BCUT2D eigenvalue weighted by molar-refractivity contribution is 5.92. The van der Waals surface area contributed by atoms with Gasteiger partial charge >= 0.3 is 6.09 Å². The first kappa shape index (κ1) is 16.7. The minimum Gasteiger partial charge on any atom is -0.443 e. The summed E-state index contributed by atoms with van der Waals surface area (Å²) < 4.78 is 10.9. The van der Waals surface area contributed by atoms with Crippen LogP contribution in [0.3, 0.4) is 0 Å². The van der Waals surface area contributed by atoms with Crippen LogP contribution in [0.4, 0.5) is 4.79 Å². The topological polar surface area (TPSA) is 55.8 Å². The number of fused-ring (bicyclic) bond motifs is 1. The molecule has 1 aliphatic carbocycles. The molecule has 1 heterocycles. The second kappa shape index (κ2) is 6.40. The molecule has 1 amide bonds. The molecule has 0 fully saturated rings. The van der Waals surface area contributed by atoms with Crippen LogP contribution in [0.2, 0.25) is 0 Å². The number of benzene rings is 1. The molecular formula is C19H23NO4. The molecule has 1 aromatic rings. The van der Waals surface area contributed by atoms with E-state index in [0.29, 0.717) is 5.70 Å². The molecule has 5 heteroatoms. The van der Waals surface area contributed by atoms with E-state index in [2.05, 4.69) is 6.07 Å². The summed E-state index contributed by atoms with van der Waals surface area (Å²) in [5, 5.41) is 0. The van der Waals surface area contributed by atoms with Crippen LogP contribution < -0.4 is 0 Å². The van der Waals surface area contributed by atoms with E-state index in [1.54, 1.807) is 4.90 Å². The highest BCUT2D eigenvalue weighted by Gasteiger charge is 2.36. The summed E-state index contributed by atoms with van der Waals surface area (Å²) in [6, 6.07) is 7.97. The number of ketones is 1. The first-order valence-corrected chi connectivity index (χ1v) is 8.26. The maximum absolute atomic E-state index is 12.9. The maximum Gasteiger partial charge on any atom is 0.415 e. The molecule has 0 spiro atoms. The summed E-state index contributed by atoms with van der Waals surface area (Å²) >= 11 is 0. The summed E-state index contributed by atoms with van der Waals surface area (Å²) in [4.78, 5) is 26.2. The number of nitrogens with zero attached hydrogens (tertiary/aromatic N) is 1. The molecule has 0 radical (unpaired) electrons. The molecule has 0 bridgehead atoms. The van der Waals surface area contributed by atoms with Crippen molar-refractivity contribution in [2.24, 2.45) is 0 Å². The van der Waals surface area contributed by atoms with E-state index in [4.69, 9.17) is 9.47 Å². The number of carbonyl (C=O) groups is 2. The van der Waals surface area contributed by atoms with Crippen LogP contribution in [-0.4, -0.2) is 35.6 Å². The second-order valence-electron chi connectivity index (χ2n) is 7.20. The number of hydrogen-bond donors (Lipinski definition) is 0. The van der Waals surface area contributed by atoms with E-state index >= 15 is 0 Å². The third-order valence-electron chi connectivity index (χ3n) is 4.13. The van der Waals surface area contributed by atoms with Crippen molar-refractivity contribution >= 4 is 11.9 Å². The quantitative estimate of drug-likeness (QED) is 0.834. The van der Waals surface area contributed by atoms with E-state index in [-0.39, 0.29) is 25.0 Å². The van der Waals surface area contributed by atoms with Gasteiger partial charge in [-0.3, -0.25) is 9.69 Å². The van der Waals surface area contributed by atoms with Crippen molar-refractivity contribution < 1.29 is 19.1 Å². The van der Waals surface area contributed by atoms with E-state index in [9.17, 15) is 9.59 Å². The lowest BCUT2D eigenvalue weighted by atomic mass is 10.1. The Hall–Kier alpha value is -2.14. The second-order valence-corrected chi connectivity index (χ2v) is 7.20. The molecule has 3 rings (SSSR count). The molecule has 2 aliphatic rings. The zero-order chi connectivity index (χ0) is 17.3. The summed E-state index contributed by atoms with van der Waals surface area (Å²) in [6.07, 6.45) is 2.79. The highest BCUT2D eigenvalue weighted by atomic mass is 16.6. The molecular weight excluding hydrogens is 306 g/mol. The molecule has 128 valence electrons. The summed E-state index contributed by atoms with van der Waals surface area (Å²) in [6.45, 7) is 5.81. The number of rotatable bonds is 2. The van der Waals surface area contributed by atoms with Crippen molar-refractivity contribution in [3.8, 4) is 0 Å². The van der Waals surface area contributed by atoms with Gasteiger partial charge in [0.15, 0.2) is 5.78 Å². The minimum absolute atomic E-state index is 0.0624. The van der Waals surface area contributed by atoms with Gasteiger partial charge in [-0.2, -0.15) is 0 Å². The fourth-order valence-corrected chi connectivity index (χ4v) is 3.22. The normalized spacial score (nSPS) is 20.4. The zero-order valence-corrected chi connectivity index (χ0v) is 14.4. The molecule has 0 unspecified atom stereocenters. The zero-order valence-electron chi connectivity index (χ0n) is 14.4. The third-order valence-corrected chi connectivity index (χ3v) is 4.13. The average molecular weight is 329 g/mol. The van der Waals surface area contributed by atoms with Crippen molar-refractivity contribution in [2.75, 3.05) is 13.2 Å². The molecule has 1 aliphatic heterocycles. The third kappa shape index (κ3) is 3.51. The molecule has 0 aromatic heterocycles. The van der Waals surface area contributed by atoms with Gasteiger partial charge in [0, 0.05) is 6.08 Å². The molecule has 1 atom stereocenters. The Labute approximate surface area is 142 Å². The number of carbonyl (C=O) groups excluding carboxylic acids is 2. The predicted molar refractivity (Wildman–Crippen MR) is 89.5 cm³/mol. The van der Waals surface area contributed by atoms with E-state index in [1.807, 2.05) is 39.0 Å². The number of amides is 1. The Morgan fingerprint density at radius 3 is 2.71 bits per heavy atom. The van der Waals surface area contributed by atoms with E-state index in [0.717, 1.165) is 18.4 Å². The average Bonchev–Trinajstić information content (AvgIpc) is 2.90. The van der Waals surface area contributed by atoms with Gasteiger partial charge in [0.25, 0.3) is 0 Å². The Bertz CT molecular complexity index is 687. The molecule has 0 saturated carbocycles. The Morgan fingerprint density at radius 1 is 1.25 bits per heavy atom. The van der Waals surface area contributed by atoms with Crippen LogP contribution in [0.5, 0.6) is 0 Å². The van der Waals surface area contributed by atoms with Crippen LogP contribution in [0.15, 0.2) is 36.0 Å². The lowest BCUT2D eigenvalue weighted by Gasteiger charge is -2.34. The monoisotopic (exact) mass is 329 g/mol. The van der Waals surface area contributed by atoms with Crippen LogP contribution in [0.25, 0.3) is 0 Å². The van der Waals surface area contributed by atoms with Crippen molar-refractivity contribution in [1.29, 1.82) is 0 Å². The van der Waals surface area contributed by atoms with Gasteiger partial charge in [0.1, 0.15) is 12.2 Å². The van der Waals surface area contributed by atoms with E-state index in [1.165, 1.54) is 11.6 Å². The molecule has 0 N–H and O–H groups in total. The van der Waals surface area contributed by atoms with Crippen molar-refractivity contribution in [1.82, 2.24) is 4.90 Å². The standard InChI is InChI=1S/C19H23NO4/c1-19(2,3)24-18(22)20(14-10-15(21)12-23-11-14)17-9-8-13-6-4-5-7-16(13)17/h4-7,10,17H,8-9,11-12H2,1-3H3/t17-/m1/s1. The first-order valence-electron chi connectivity index (χ1n) is 8.26. The van der Waals surface area contributed by atoms with Gasteiger partial charge in [0.05, 0.1) is 18.3 Å². The van der Waals surface area contributed by atoms with Crippen LogP contribution >= 0.6 is 0 Å². The van der Waals surface area contributed by atoms with Gasteiger partial charge in [-0.1, -0.05) is 24.3 Å². The van der Waals surface area contributed by atoms with Gasteiger partial charge in [-0.05, 0) is 44.7 Å². The van der Waals surface area contributed by atoms with Gasteiger partial charge in [-0.25, -0.2) is 4.79 Å². The Morgan fingerprint density at radius 2 is 2.00 bits per heavy atom. The molecule has 0 saturated heterocycles. The molecule has 24 heavy (non-hydrogen) atoms. The fourth-order valence-electron chi connectivity index (χ4n) is 3.22. The van der Waals surface area contributed by atoms with Crippen LogP contribution in [0, 0.1) is 0 Å². The lowest BCUT2D eigenvalue weighted by molar-refractivity contribution is -0.120.